The standard InChI is InChI=1S/C11H16N4S2/c1-2-5-13-11(7-12)4-3-9(6-11)17-10-15-14-8-16-10/h8-9,13H,2-6H2,1H3. The third-order valence-electron chi connectivity index (χ3n) is 3.00. The Balaban J connectivity index is 1.91. The topological polar surface area (TPSA) is 61.6 Å². The SMILES string of the molecule is CCCNC1(C#N)CCC(Sc2nncs2)C1. The largest absolute Gasteiger partial charge is 0.299 e. The van der Waals surface area contributed by atoms with Crippen LogP contribution < -0.4 is 5.32 Å². The average Bonchev–Trinajstić information content (AvgIpc) is 2.98. The predicted molar refractivity (Wildman–Crippen MR) is 70.0 cm³/mol. The maximum atomic E-state index is 9.34. The summed E-state index contributed by atoms with van der Waals surface area (Å²) in [4.78, 5) is 0. The van der Waals surface area contributed by atoms with Crippen molar-refractivity contribution in [3.8, 4) is 6.07 Å². The molecule has 1 aliphatic rings. The van der Waals surface area contributed by atoms with Crippen LogP contribution in [0.3, 0.4) is 0 Å². The van der Waals surface area contributed by atoms with E-state index in [1.54, 1.807) is 28.6 Å². The van der Waals surface area contributed by atoms with E-state index < -0.39 is 0 Å². The summed E-state index contributed by atoms with van der Waals surface area (Å²) in [7, 11) is 0. The molecule has 1 N–H and O–H groups in total. The molecule has 2 unspecified atom stereocenters. The Hall–Kier alpha value is -0.640. The smallest absolute Gasteiger partial charge is 0.174 e. The molecule has 17 heavy (non-hydrogen) atoms. The fourth-order valence-electron chi connectivity index (χ4n) is 2.12. The third kappa shape index (κ3) is 3.18. The molecule has 0 bridgehead atoms. The van der Waals surface area contributed by atoms with Gasteiger partial charge in [0.25, 0.3) is 0 Å². The number of nitriles is 1. The average molecular weight is 268 g/mol. The summed E-state index contributed by atoms with van der Waals surface area (Å²) >= 11 is 3.34. The van der Waals surface area contributed by atoms with Gasteiger partial charge >= 0.3 is 0 Å². The second kappa shape index (κ2) is 5.80. The molecule has 0 radical (unpaired) electrons. The molecule has 1 fully saturated rings. The Bertz CT molecular complexity index is 387. The van der Waals surface area contributed by atoms with Crippen molar-refractivity contribution in [1.29, 1.82) is 5.26 Å². The van der Waals surface area contributed by atoms with E-state index in [0.717, 1.165) is 36.6 Å². The number of rotatable bonds is 5. The summed E-state index contributed by atoms with van der Waals surface area (Å²) in [6, 6.07) is 2.46. The summed E-state index contributed by atoms with van der Waals surface area (Å²) in [6.07, 6.45) is 4.00. The van der Waals surface area contributed by atoms with E-state index in [4.69, 9.17) is 0 Å². The lowest BCUT2D eigenvalue weighted by molar-refractivity contribution is 0.424. The zero-order valence-electron chi connectivity index (χ0n) is 9.85. The van der Waals surface area contributed by atoms with Crippen LogP contribution in [0, 0.1) is 11.3 Å². The van der Waals surface area contributed by atoms with E-state index in [9.17, 15) is 5.26 Å². The summed E-state index contributed by atoms with van der Waals surface area (Å²) in [6.45, 7) is 3.05. The van der Waals surface area contributed by atoms with E-state index in [0.29, 0.717) is 5.25 Å². The summed E-state index contributed by atoms with van der Waals surface area (Å²) in [5, 5.41) is 21.1. The minimum Gasteiger partial charge on any atom is -0.299 e. The number of thioether (sulfide) groups is 1. The van der Waals surface area contributed by atoms with E-state index in [1.807, 2.05) is 0 Å². The van der Waals surface area contributed by atoms with Crippen molar-refractivity contribution >= 4 is 23.1 Å². The molecule has 6 heteroatoms. The first kappa shape index (κ1) is 12.8. The monoisotopic (exact) mass is 268 g/mol. The molecule has 4 nitrogen and oxygen atoms in total. The van der Waals surface area contributed by atoms with E-state index in [-0.39, 0.29) is 5.54 Å². The molecule has 0 amide bonds. The van der Waals surface area contributed by atoms with Crippen LogP contribution in [0.5, 0.6) is 0 Å². The van der Waals surface area contributed by atoms with Crippen LogP contribution in [0.1, 0.15) is 32.6 Å². The maximum absolute atomic E-state index is 9.34. The highest BCUT2D eigenvalue weighted by Crippen LogP contribution is 2.40. The first-order valence-corrected chi connectivity index (χ1v) is 7.63. The van der Waals surface area contributed by atoms with Crippen LogP contribution >= 0.6 is 23.1 Å². The highest BCUT2D eigenvalue weighted by molar-refractivity contribution is 8.01. The van der Waals surface area contributed by atoms with Crippen molar-refractivity contribution in [3.05, 3.63) is 5.51 Å². The van der Waals surface area contributed by atoms with Gasteiger partial charge in [0.15, 0.2) is 4.34 Å². The molecule has 0 aromatic carbocycles. The van der Waals surface area contributed by atoms with Crippen LogP contribution in [0.2, 0.25) is 0 Å². The fourth-order valence-corrected chi connectivity index (χ4v) is 4.14. The molecule has 1 aromatic rings. The van der Waals surface area contributed by atoms with Gasteiger partial charge in [-0.3, -0.25) is 5.32 Å². The molecule has 0 aliphatic heterocycles. The van der Waals surface area contributed by atoms with Gasteiger partial charge in [0.2, 0.25) is 0 Å². The van der Waals surface area contributed by atoms with Gasteiger partial charge in [-0.1, -0.05) is 30.0 Å². The van der Waals surface area contributed by atoms with Gasteiger partial charge in [0, 0.05) is 5.25 Å². The number of hydrogen-bond acceptors (Lipinski definition) is 6. The first-order chi connectivity index (χ1) is 8.28. The molecule has 1 aliphatic carbocycles. The minimum atomic E-state index is -0.307. The van der Waals surface area contributed by atoms with Crippen LogP contribution in [0.4, 0.5) is 0 Å². The Morgan fingerprint density at radius 2 is 2.65 bits per heavy atom. The Kier molecular flexibility index (Phi) is 4.37. The molecular weight excluding hydrogens is 252 g/mol. The molecule has 2 rings (SSSR count). The van der Waals surface area contributed by atoms with E-state index >= 15 is 0 Å². The second-order valence-corrected chi connectivity index (χ2v) is 6.69. The van der Waals surface area contributed by atoms with Crippen molar-refractivity contribution in [1.82, 2.24) is 15.5 Å². The number of hydrogen-bond donors (Lipinski definition) is 1. The summed E-state index contributed by atoms with van der Waals surface area (Å²) < 4.78 is 1.01. The van der Waals surface area contributed by atoms with Crippen LogP contribution in [-0.2, 0) is 0 Å². The molecule has 2 atom stereocenters. The Morgan fingerprint density at radius 3 is 3.29 bits per heavy atom. The Labute approximate surface area is 110 Å². The molecular formula is C11H16N4S2. The highest BCUT2D eigenvalue weighted by Gasteiger charge is 2.39. The van der Waals surface area contributed by atoms with E-state index in [1.165, 1.54) is 0 Å². The van der Waals surface area contributed by atoms with Crippen LogP contribution in [-0.4, -0.2) is 27.5 Å². The minimum absolute atomic E-state index is 0.307. The predicted octanol–water partition coefficient (Wildman–Crippen LogP) is 2.44. The van der Waals surface area contributed by atoms with Crippen molar-refractivity contribution in [2.75, 3.05) is 6.54 Å². The lowest BCUT2D eigenvalue weighted by Gasteiger charge is -2.22. The second-order valence-electron chi connectivity index (χ2n) is 4.31. The van der Waals surface area contributed by atoms with Crippen molar-refractivity contribution in [2.45, 2.75) is 47.7 Å². The first-order valence-electron chi connectivity index (χ1n) is 5.87. The van der Waals surface area contributed by atoms with E-state index in [2.05, 4.69) is 28.5 Å². The van der Waals surface area contributed by atoms with Gasteiger partial charge in [0.1, 0.15) is 11.0 Å². The van der Waals surface area contributed by atoms with Gasteiger partial charge in [-0.2, -0.15) is 5.26 Å². The van der Waals surface area contributed by atoms with Crippen molar-refractivity contribution < 1.29 is 0 Å². The summed E-state index contributed by atoms with van der Waals surface area (Å²) in [5.74, 6) is 0. The quantitative estimate of drug-likeness (QED) is 0.888. The zero-order valence-corrected chi connectivity index (χ0v) is 11.5. The molecule has 0 saturated heterocycles. The lowest BCUT2D eigenvalue weighted by atomic mass is 10.00. The molecule has 0 spiro atoms. The lowest BCUT2D eigenvalue weighted by Crippen LogP contribution is -2.42. The van der Waals surface area contributed by atoms with Gasteiger partial charge in [0.05, 0.1) is 6.07 Å². The normalized spacial score (nSPS) is 28.1. The third-order valence-corrected chi connectivity index (χ3v) is 5.08. The zero-order chi connectivity index (χ0) is 12.1. The molecule has 1 heterocycles. The fraction of sp³-hybridized carbons (Fsp3) is 0.727. The van der Waals surface area contributed by atoms with Gasteiger partial charge in [-0.25, -0.2) is 0 Å². The molecule has 1 aromatic heterocycles. The van der Waals surface area contributed by atoms with Gasteiger partial charge in [-0.15, -0.1) is 10.2 Å². The highest BCUT2D eigenvalue weighted by atomic mass is 32.2. The molecule has 1 saturated carbocycles. The van der Waals surface area contributed by atoms with Crippen LogP contribution in [0.25, 0.3) is 0 Å². The van der Waals surface area contributed by atoms with Gasteiger partial charge < -0.3 is 0 Å². The van der Waals surface area contributed by atoms with Crippen LogP contribution in [0.15, 0.2) is 9.85 Å². The summed E-state index contributed by atoms with van der Waals surface area (Å²) in [5.41, 5.74) is 1.45. The van der Waals surface area contributed by atoms with Crippen molar-refractivity contribution in [2.24, 2.45) is 0 Å². The van der Waals surface area contributed by atoms with Crippen molar-refractivity contribution in [3.63, 3.8) is 0 Å². The number of nitrogens with one attached hydrogen (secondary N) is 1. The Morgan fingerprint density at radius 1 is 1.76 bits per heavy atom. The number of nitrogens with zero attached hydrogens (tertiary/aromatic N) is 3. The molecule has 92 valence electrons. The van der Waals surface area contributed by atoms with Gasteiger partial charge in [-0.05, 0) is 32.2 Å². The maximum Gasteiger partial charge on any atom is 0.174 e. The number of aromatic nitrogens is 2.